The van der Waals surface area contributed by atoms with Crippen molar-refractivity contribution in [3.63, 3.8) is 0 Å². The maximum Gasteiger partial charge on any atom is 0.174 e. The summed E-state index contributed by atoms with van der Waals surface area (Å²) in [5.74, 6) is -0.0541. The molecule has 0 spiro atoms. The van der Waals surface area contributed by atoms with Gasteiger partial charge in [-0.1, -0.05) is 19.6 Å². The quantitative estimate of drug-likeness (QED) is 0.720. The van der Waals surface area contributed by atoms with Gasteiger partial charge in [-0.15, -0.1) is 0 Å². The summed E-state index contributed by atoms with van der Waals surface area (Å²) in [4.78, 5) is 12.3. The molecule has 0 bridgehead atoms. The first-order chi connectivity index (χ1) is 7.84. The summed E-state index contributed by atoms with van der Waals surface area (Å²) in [6.07, 6.45) is 0.967. The van der Waals surface area contributed by atoms with E-state index in [2.05, 4.69) is 6.58 Å². The third kappa shape index (κ3) is 1.39. The molecule has 0 aromatic carbocycles. The number of ketones is 1. The lowest BCUT2D eigenvalue weighted by Gasteiger charge is -2.23. The number of carbonyl (C=O) groups excluding carboxylic acids is 1. The summed E-state index contributed by atoms with van der Waals surface area (Å²) in [7, 11) is 0. The largest absolute Gasteiger partial charge is 0.395 e. The van der Waals surface area contributed by atoms with Gasteiger partial charge >= 0.3 is 0 Å². The number of carbonyl (C=O) groups is 1. The molecule has 1 fully saturated rings. The monoisotopic (exact) mass is 234 g/mol. The summed E-state index contributed by atoms with van der Waals surface area (Å²) in [5, 5.41) is 19.6. The van der Waals surface area contributed by atoms with Crippen molar-refractivity contribution in [2.75, 3.05) is 6.61 Å². The van der Waals surface area contributed by atoms with Gasteiger partial charge in [0.15, 0.2) is 5.78 Å². The summed E-state index contributed by atoms with van der Waals surface area (Å²) in [5.41, 5.74) is 1.86. The molecule has 3 atom stereocenters. The second kappa shape index (κ2) is 3.65. The van der Waals surface area contributed by atoms with E-state index in [1.54, 1.807) is 6.92 Å². The van der Waals surface area contributed by atoms with Gasteiger partial charge in [0, 0.05) is 5.57 Å². The third-order valence-electron chi connectivity index (χ3n) is 4.10. The SMILES string of the molecule is C=C1C(C)=C2C(=O)[C@](C)(CO)[C@H](O)C2=CC1C. The fourth-order valence-electron chi connectivity index (χ4n) is 2.61. The second-order valence-electron chi connectivity index (χ2n) is 5.24. The summed E-state index contributed by atoms with van der Waals surface area (Å²) >= 11 is 0. The van der Waals surface area contributed by atoms with E-state index in [1.165, 1.54) is 0 Å². The first kappa shape index (κ1) is 12.3. The van der Waals surface area contributed by atoms with Crippen LogP contribution in [0, 0.1) is 11.3 Å². The molecule has 0 radical (unpaired) electrons. The highest BCUT2D eigenvalue weighted by Gasteiger charge is 2.52. The van der Waals surface area contributed by atoms with Gasteiger partial charge < -0.3 is 10.2 Å². The Kier molecular flexibility index (Phi) is 2.64. The van der Waals surface area contributed by atoms with Crippen molar-refractivity contribution in [1.82, 2.24) is 0 Å². The second-order valence-corrected chi connectivity index (χ2v) is 5.24. The zero-order valence-corrected chi connectivity index (χ0v) is 10.4. The highest BCUT2D eigenvalue weighted by Crippen LogP contribution is 2.47. The molecule has 0 aromatic rings. The Morgan fingerprint density at radius 1 is 1.53 bits per heavy atom. The van der Waals surface area contributed by atoms with Crippen molar-refractivity contribution in [3.8, 4) is 0 Å². The van der Waals surface area contributed by atoms with Crippen LogP contribution in [0.4, 0.5) is 0 Å². The van der Waals surface area contributed by atoms with Crippen LogP contribution in [-0.2, 0) is 4.79 Å². The average molecular weight is 234 g/mol. The fourth-order valence-corrected chi connectivity index (χ4v) is 2.61. The molecule has 1 unspecified atom stereocenters. The lowest BCUT2D eigenvalue weighted by atomic mass is 9.83. The molecule has 0 aromatic heterocycles. The molecule has 2 aliphatic rings. The van der Waals surface area contributed by atoms with Gasteiger partial charge in [-0.05, 0) is 36.5 Å². The first-order valence-corrected chi connectivity index (χ1v) is 5.80. The number of Topliss-reactive ketones (excluding diaryl/α,β-unsaturated/α-hetero) is 1. The molecule has 2 rings (SSSR count). The van der Waals surface area contributed by atoms with Crippen LogP contribution in [-0.4, -0.2) is 28.7 Å². The van der Waals surface area contributed by atoms with Crippen molar-refractivity contribution in [1.29, 1.82) is 0 Å². The van der Waals surface area contributed by atoms with Crippen molar-refractivity contribution >= 4 is 5.78 Å². The molecular weight excluding hydrogens is 216 g/mol. The molecule has 3 nitrogen and oxygen atoms in total. The zero-order chi connectivity index (χ0) is 13.0. The molecule has 2 N–H and O–H groups in total. The molecule has 0 heterocycles. The molecule has 0 aliphatic heterocycles. The van der Waals surface area contributed by atoms with Crippen molar-refractivity contribution in [2.45, 2.75) is 26.9 Å². The van der Waals surface area contributed by atoms with Crippen LogP contribution < -0.4 is 0 Å². The Morgan fingerprint density at radius 3 is 2.65 bits per heavy atom. The summed E-state index contributed by atoms with van der Waals surface area (Å²) in [6.45, 7) is 9.07. The van der Waals surface area contributed by atoms with Gasteiger partial charge in [0.1, 0.15) is 0 Å². The van der Waals surface area contributed by atoms with Crippen molar-refractivity contribution in [2.24, 2.45) is 11.3 Å². The number of hydrogen-bond acceptors (Lipinski definition) is 3. The van der Waals surface area contributed by atoms with E-state index in [9.17, 15) is 15.0 Å². The molecule has 92 valence electrons. The Labute approximate surface area is 101 Å². The van der Waals surface area contributed by atoms with E-state index in [1.807, 2.05) is 19.9 Å². The number of aliphatic hydroxyl groups excluding tert-OH is 2. The molecule has 0 amide bonds. The Hall–Kier alpha value is -1.19. The van der Waals surface area contributed by atoms with E-state index in [0.29, 0.717) is 11.1 Å². The van der Waals surface area contributed by atoms with E-state index < -0.39 is 11.5 Å². The van der Waals surface area contributed by atoms with Gasteiger partial charge in [0.2, 0.25) is 0 Å². The van der Waals surface area contributed by atoms with Gasteiger partial charge in [0.25, 0.3) is 0 Å². The topological polar surface area (TPSA) is 57.5 Å². The van der Waals surface area contributed by atoms with Crippen LogP contribution in [0.3, 0.4) is 0 Å². The van der Waals surface area contributed by atoms with Crippen LogP contribution >= 0.6 is 0 Å². The maximum absolute atomic E-state index is 12.3. The number of allylic oxidation sites excluding steroid dienone is 3. The van der Waals surface area contributed by atoms with Crippen LogP contribution in [0.15, 0.2) is 34.9 Å². The summed E-state index contributed by atoms with van der Waals surface area (Å²) in [6, 6.07) is 0. The normalized spacial score (nSPS) is 37.4. The number of hydrogen-bond donors (Lipinski definition) is 2. The molecule has 3 heteroatoms. The third-order valence-corrected chi connectivity index (χ3v) is 4.10. The molecule has 17 heavy (non-hydrogen) atoms. The first-order valence-electron chi connectivity index (χ1n) is 5.80. The molecule has 1 saturated carbocycles. The van der Waals surface area contributed by atoms with E-state index in [4.69, 9.17) is 0 Å². The average Bonchev–Trinajstić information content (AvgIpc) is 2.49. The predicted octanol–water partition coefficient (Wildman–Crippen LogP) is 1.38. The molecular formula is C14H18O3. The Balaban J connectivity index is 2.65. The predicted molar refractivity (Wildman–Crippen MR) is 65.3 cm³/mol. The smallest absolute Gasteiger partial charge is 0.174 e. The highest BCUT2D eigenvalue weighted by molar-refractivity contribution is 6.09. The van der Waals surface area contributed by atoms with Gasteiger partial charge in [0.05, 0.1) is 18.1 Å². The lowest BCUT2D eigenvalue weighted by Crippen LogP contribution is -2.36. The lowest BCUT2D eigenvalue weighted by molar-refractivity contribution is -0.128. The number of fused-ring (bicyclic) bond motifs is 1. The minimum atomic E-state index is -1.10. The van der Waals surface area contributed by atoms with Crippen LogP contribution in [0.5, 0.6) is 0 Å². The van der Waals surface area contributed by atoms with Crippen molar-refractivity contribution in [3.05, 3.63) is 34.9 Å². The fraction of sp³-hybridized carbons (Fsp3) is 0.500. The zero-order valence-electron chi connectivity index (χ0n) is 10.4. The molecule has 2 aliphatic carbocycles. The van der Waals surface area contributed by atoms with E-state index in [0.717, 1.165) is 11.1 Å². The van der Waals surface area contributed by atoms with Crippen LogP contribution in [0.25, 0.3) is 0 Å². The van der Waals surface area contributed by atoms with E-state index in [-0.39, 0.29) is 18.3 Å². The minimum Gasteiger partial charge on any atom is -0.395 e. The maximum atomic E-state index is 12.3. The number of rotatable bonds is 1. The Bertz CT molecular complexity index is 470. The van der Waals surface area contributed by atoms with Gasteiger partial charge in [-0.2, -0.15) is 0 Å². The Morgan fingerprint density at radius 2 is 2.12 bits per heavy atom. The van der Waals surface area contributed by atoms with Gasteiger partial charge in [-0.25, -0.2) is 0 Å². The molecule has 0 saturated heterocycles. The van der Waals surface area contributed by atoms with Gasteiger partial charge in [-0.3, -0.25) is 4.79 Å². The standard InChI is InChI=1S/C14H18O3/c1-7-5-10-11(9(3)8(7)2)13(17)14(4,6-15)12(10)16/h5,7,12,15-16H,2,6H2,1,3-4H3/t7?,12-,14-/m1/s1. The van der Waals surface area contributed by atoms with E-state index >= 15 is 0 Å². The van der Waals surface area contributed by atoms with Crippen LogP contribution in [0.2, 0.25) is 0 Å². The minimum absolute atomic E-state index is 0.122. The van der Waals surface area contributed by atoms with Crippen LogP contribution in [0.1, 0.15) is 20.8 Å². The number of aliphatic hydroxyl groups is 2. The summed E-state index contributed by atoms with van der Waals surface area (Å²) < 4.78 is 0. The van der Waals surface area contributed by atoms with Crippen molar-refractivity contribution < 1.29 is 15.0 Å². The highest BCUT2D eigenvalue weighted by atomic mass is 16.3.